The Labute approximate surface area is 102 Å². The molecule has 0 fully saturated rings. The van der Waals surface area contributed by atoms with Gasteiger partial charge < -0.3 is 9.47 Å². The summed E-state index contributed by atoms with van der Waals surface area (Å²) in [5, 5.41) is 0. The molecule has 17 heavy (non-hydrogen) atoms. The van der Waals surface area contributed by atoms with Gasteiger partial charge >= 0.3 is 0 Å². The summed E-state index contributed by atoms with van der Waals surface area (Å²) < 4.78 is 1.80. The molecule has 94 valence electrons. The van der Waals surface area contributed by atoms with Crippen molar-refractivity contribution < 1.29 is 9.59 Å². The van der Waals surface area contributed by atoms with Crippen LogP contribution in [0, 0.1) is 0 Å². The van der Waals surface area contributed by atoms with Gasteiger partial charge in [-0.25, -0.2) is 0 Å². The largest absolute Gasteiger partial charge is 0.346 e. The van der Waals surface area contributed by atoms with E-state index in [1.54, 1.807) is 15.5 Å². The van der Waals surface area contributed by atoms with Crippen LogP contribution in [-0.4, -0.2) is 35.3 Å². The Balaban J connectivity index is 2.40. The van der Waals surface area contributed by atoms with Crippen LogP contribution in [0.5, 0.6) is 0 Å². The molecule has 1 rings (SSSR count). The van der Waals surface area contributed by atoms with Gasteiger partial charge in [-0.2, -0.15) is 0 Å². The van der Waals surface area contributed by atoms with Crippen LogP contribution in [0.15, 0.2) is 18.3 Å². The maximum absolute atomic E-state index is 11.8. The molecule has 0 aliphatic heterocycles. The molecule has 0 aliphatic rings. The number of nitrogens with zero attached hydrogens (tertiary/aromatic N) is 2. The second kappa shape index (κ2) is 6.89. The lowest BCUT2D eigenvalue weighted by Crippen LogP contribution is -2.28. The summed E-state index contributed by atoms with van der Waals surface area (Å²) in [6.07, 6.45) is 5.19. The second-order valence-corrected chi connectivity index (χ2v) is 4.16. The number of carbonyl (C=O) groups excluding carboxylic acids is 2. The quantitative estimate of drug-likeness (QED) is 0.679. The lowest BCUT2D eigenvalue weighted by Gasteiger charge is -2.17. The van der Waals surface area contributed by atoms with Crippen molar-refractivity contribution in [2.45, 2.75) is 32.7 Å². The number of carbonyl (C=O) groups is 2. The van der Waals surface area contributed by atoms with E-state index in [1.165, 1.54) is 0 Å². The highest BCUT2D eigenvalue weighted by atomic mass is 16.2. The van der Waals surface area contributed by atoms with Crippen LogP contribution in [0.2, 0.25) is 0 Å². The number of amides is 1. The van der Waals surface area contributed by atoms with Gasteiger partial charge in [0.1, 0.15) is 0 Å². The van der Waals surface area contributed by atoms with Gasteiger partial charge in [0.15, 0.2) is 6.29 Å². The topological polar surface area (TPSA) is 42.3 Å². The van der Waals surface area contributed by atoms with Crippen molar-refractivity contribution in [1.29, 1.82) is 0 Å². The normalized spacial score (nSPS) is 10.2. The van der Waals surface area contributed by atoms with E-state index in [1.807, 2.05) is 19.3 Å². The molecule has 1 heterocycles. The number of rotatable bonds is 7. The summed E-state index contributed by atoms with van der Waals surface area (Å²) in [4.78, 5) is 24.2. The lowest BCUT2D eigenvalue weighted by molar-refractivity contribution is -0.130. The van der Waals surface area contributed by atoms with Gasteiger partial charge in [-0.1, -0.05) is 13.3 Å². The van der Waals surface area contributed by atoms with Gasteiger partial charge in [-0.15, -0.1) is 0 Å². The molecule has 0 bridgehead atoms. The van der Waals surface area contributed by atoms with Crippen LogP contribution < -0.4 is 0 Å². The van der Waals surface area contributed by atoms with Gasteiger partial charge in [0.05, 0.1) is 5.69 Å². The predicted octanol–water partition coefficient (Wildman–Crippen LogP) is 1.95. The van der Waals surface area contributed by atoms with Crippen LogP contribution in [0.25, 0.3) is 0 Å². The van der Waals surface area contributed by atoms with Crippen molar-refractivity contribution in [3.63, 3.8) is 0 Å². The molecule has 4 nitrogen and oxygen atoms in total. The lowest BCUT2D eigenvalue weighted by atomic mass is 10.3. The monoisotopic (exact) mass is 236 g/mol. The second-order valence-electron chi connectivity index (χ2n) is 4.16. The predicted molar refractivity (Wildman–Crippen MR) is 67.0 cm³/mol. The van der Waals surface area contributed by atoms with Gasteiger partial charge in [0, 0.05) is 32.8 Å². The third-order valence-corrected chi connectivity index (χ3v) is 2.82. The highest BCUT2D eigenvalue weighted by Crippen LogP contribution is 2.03. The minimum atomic E-state index is 0.129. The zero-order valence-electron chi connectivity index (χ0n) is 10.6. The average Bonchev–Trinajstić information content (AvgIpc) is 2.80. The van der Waals surface area contributed by atoms with E-state index < -0.39 is 0 Å². The molecule has 0 atom stereocenters. The van der Waals surface area contributed by atoms with Gasteiger partial charge in [0.2, 0.25) is 5.91 Å². The minimum absolute atomic E-state index is 0.129. The molecule has 0 aliphatic carbocycles. The number of hydrogen-bond donors (Lipinski definition) is 0. The molecule has 1 amide bonds. The summed E-state index contributed by atoms with van der Waals surface area (Å²) in [5.74, 6) is 0.129. The van der Waals surface area contributed by atoms with Gasteiger partial charge in [0.25, 0.3) is 0 Å². The Hall–Kier alpha value is -1.58. The van der Waals surface area contributed by atoms with E-state index in [0.717, 1.165) is 25.7 Å². The molecule has 0 radical (unpaired) electrons. The van der Waals surface area contributed by atoms with E-state index in [2.05, 4.69) is 6.92 Å². The van der Waals surface area contributed by atoms with Crippen molar-refractivity contribution in [1.82, 2.24) is 9.47 Å². The van der Waals surface area contributed by atoms with Crippen molar-refractivity contribution in [3.05, 3.63) is 24.0 Å². The molecular formula is C13H20N2O2. The summed E-state index contributed by atoms with van der Waals surface area (Å²) >= 11 is 0. The maximum atomic E-state index is 11.8. The van der Waals surface area contributed by atoms with Crippen molar-refractivity contribution in [2.24, 2.45) is 0 Å². The van der Waals surface area contributed by atoms with E-state index in [-0.39, 0.29) is 5.91 Å². The molecule has 1 aromatic rings. The number of aldehydes is 1. The summed E-state index contributed by atoms with van der Waals surface area (Å²) in [6, 6.07) is 3.56. The van der Waals surface area contributed by atoms with Crippen molar-refractivity contribution in [3.8, 4) is 0 Å². The first kappa shape index (κ1) is 13.5. The fourth-order valence-electron chi connectivity index (χ4n) is 1.66. The molecule has 0 N–H and O–H groups in total. The Bertz CT molecular complexity index is 371. The number of unbranched alkanes of at least 4 members (excludes halogenated alkanes) is 1. The smallest absolute Gasteiger partial charge is 0.224 e. The zero-order chi connectivity index (χ0) is 12.7. The molecule has 0 saturated carbocycles. The molecular weight excluding hydrogens is 216 g/mol. The van der Waals surface area contributed by atoms with E-state index in [4.69, 9.17) is 0 Å². The standard InChI is InChI=1S/C13H20N2O2/c1-3-4-8-14(2)13(17)7-10-15-9-5-6-12(15)11-16/h5-6,9,11H,3-4,7-8,10H2,1-2H3. The van der Waals surface area contributed by atoms with Gasteiger partial charge in [-0.05, 0) is 18.6 Å². The molecule has 1 aromatic heterocycles. The fraction of sp³-hybridized carbons (Fsp3) is 0.538. The van der Waals surface area contributed by atoms with E-state index in [0.29, 0.717) is 18.7 Å². The minimum Gasteiger partial charge on any atom is -0.346 e. The van der Waals surface area contributed by atoms with Crippen LogP contribution >= 0.6 is 0 Å². The highest BCUT2D eigenvalue weighted by molar-refractivity contribution is 5.76. The van der Waals surface area contributed by atoms with Crippen LogP contribution in [0.3, 0.4) is 0 Å². The third-order valence-electron chi connectivity index (χ3n) is 2.82. The molecule has 4 heteroatoms. The first-order valence-electron chi connectivity index (χ1n) is 6.03. The van der Waals surface area contributed by atoms with Crippen LogP contribution in [0.1, 0.15) is 36.7 Å². The average molecular weight is 236 g/mol. The first-order valence-corrected chi connectivity index (χ1v) is 6.03. The summed E-state index contributed by atoms with van der Waals surface area (Å²) in [7, 11) is 1.83. The highest BCUT2D eigenvalue weighted by Gasteiger charge is 2.08. The van der Waals surface area contributed by atoms with Crippen molar-refractivity contribution in [2.75, 3.05) is 13.6 Å². The van der Waals surface area contributed by atoms with E-state index >= 15 is 0 Å². The number of hydrogen-bond acceptors (Lipinski definition) is 2. The first-order chi connectivity index (χ1) is 8.19. The Morgan fingerprint density at radius 1 is 1.53 bits per heavy atom. The Kier molecular flexibility index (Phi) is 5.46. The fourth-order valence-corrected chi connectivity index (χ4v) is 1.66. The summed E-state index contributed by atoms with van der Waals surface area (Å²) in [6.45, 7) is 3.48. The molecule has 0 unspecified atom stereocenters. The summed E-state index contributed by atoms with van der Waals surface area (Å²) in [5.41, 5.74) is 0.619. The van der Waals surface area contributed by atoms with Crippen LogP contribution in [-0.2, 0) is 11.3 Å². The number of aromatic nitrogens is 1. The Morgan fingerprint density at radius 2 is 2.29 bits per heavy atom. The Morgan fingerprint density at radius 3 is 2.94 bits per heavy atom. The zero-order valence-corrected chi connectivity index (χ0v) is 10.6. The molecule has 0 saturated heterocycles. The maximum Gasteiger partial charge on any atom is 0.224 e. The van der Waals surface area contributed by atoms with Crippen LogP contribution in [0.4, 0.5) is 0 Å². The molecule has 0 aromatic carbocycles. The third kappa shape index (κ3) is 4.06. The number of aryl methyl sites for hydroxylation is 1. The van der Waals surface area contributed by atoms with E-state index in [9.17, 15) is 9.59 Å². The SMILES string of the molecule is CCCCN(C)C(=O)CCn1cccc1C=O. The van der Waals surface area contributed by atoms with Gasteiger partial charge in [-0.3, -0.25) is 9.59 Å². The molecule has 0 spiro atoms. The van der Waals surface area contributed by atoms with Crippen molar-refractivity contribution >= 4 is 12.2 Å².